The van der Waals surface area contributed by atoms with E-state index in [1.54, 1.807) is 0 Å². The van der Waals surface area contributed by atoms with Gasteiger partial charge in [-0.2, -0.15) is 12.6 Å². The summed E-state index contributed by atoms with van der Waals surface area (Å²) in [6, 6.07) is 0. The highest BCUT2D eigenvalue weighted by Gasteiger charge is 2.34. The minimum absolute atomic E-state index is 0.316. The SMILES string of the molecule is O=C1CCCCCCN1CC1(CS)CCCCC1. The summed E-state index contributed by atoms with van der Waals surface area (Å²) in [4.78, 5) is 14.4. The van der Waals surface area contributed by atoms with Gasteiger partial charge in [-0.1, -0.05) is 32.1 Å². The van der Waals surface area contributed by atoms with Crippen LogP contribution in [0.5, 0.6) is 0 Å². The monoisotopic (exact) mass is 269 g/mol. The highest BCUT2D eigenvalue weighted by molar-refractivity contribution is 7.80. The molecule has 0 aromatic carbocycles. The fraction of sp³-hybridized carbons (Fsp3) is 0.933. The normalized spacial score (nSPS) is 25.6. The molecule has 104 valence electrons. The van der Waals surface area contributed by atoms with Crippen LogP contribution in [0.25, 0.3) is 0 Å². The lowest BCUT2D eigenvalue weighted by Crippen LogP contribution is -2.44. The molecule has 2 fully saturated rings. The fourth-order valence-electron chi connectivity index (χ4n) is 3.46. The Hall–Kier alpha value is -0.180. The predicted octanol–water partition coefficient (Wildman–Crippen LogP) is 3.66. The Labute approximate surface area is 117 Å². The number of nitrogens with zero attached hydrogens (tertiary/aromatic N) is 1. The van der Waals surface area contributed by atoms with E-state index < -0.39 is 0 Å². The van der Waals surface area contributed by atoms with Crippen LogP contribution in [0.2, 0.25) is 0 Å². The number of rotatable bonds is 3. The maximum absolute atomic E-state index is 12.2. The van der Waals surface area contributed by atoms with Crippen molar-refractivity contribution in [2.75, 3.05) is 18.8 Å². The van der Waals surface area contributed by atoms with Crippen LogP contribution in [0.3, 0.4) is 0 Å². The third-order valence-corrected chi connectivity index (χ3v) is 5.37. The zero-order valence-electron chi connectivity index (χ0n) is 11.5. The second-order valence-corrected chi connectivity index (χ2v) is 6.51. The maximum Gasteiger partial charge on any atom is 0.222 e. The highest BCUT2D eigenvalue weighted by Crippen LogP contribution is 2.38. The molecule has 1 saturated carbocycles. The van der Waals surface area contributed by atoms with Gasteiger partial charge in [-0.15, -0.1) is 0 Å². The van der Waals surface area contributed by atoms with E-state index in [9.17, 15) is 4.79 Å². The molecule has 2 rings (SSSR count). The highest BCUT2D eigenvalue weighted by atomic mass is 32.1. The van der Waals surface area contributed by atoms with Gasteiger partial charge in [0.1, 0.15) is 0 Å². The summed E-state index contributed by atoms with van der Waals surface area (Å²) >= 11 is 4.59. The number of thiol groups is 1. The van der Waals surface area contributed by atoms with Crippen molar-refractivity contribution in [2.24, 2.45) is 5.41 Å². The van der Waals surface area contributed by atoms with E-state index in [0.717, 1.165) is 31.7 Å². The van der Waals surface area contributed by atoms with E-state index in [1.807, 2.05) is 0 Å². The Morgan fingerprint density at radius 2 is 1.67 bits per heavy atom. The van der Waals surface area contributed by atoms with Gasteiger partial charge in [-0.25, -0.2) is 0 Å². The van der Waals surface area contributed by atoms with Crippen molar-refractivity contribution in [2.45, 2.75) is 64.2 Å². The lowest BCUT2D eigenvalue weighted by Gasteiger charge is -2.40. The first kappa shape index (κ1) is 14.2. The minimum atomic E-state index is 0.316. The van der Waals surface area contributed by atoms with Crippen LogP contribution < -0.4 is 0 Å². The van der Waals surface area contributed by atoms with Gasteiger partial charge in [0, 0.05) is 19.5 Å². The molecule has 1 amide bonds. The summed E-state index contributed by atoms with van der Waals surface area (Å²) in [6.45, 7) is 1.95. The van der Waals surface area contributed by atoms with E-state index in [1.165, 1.54) is 51.4 Å². The molecular weight excluding hydrogens is 242 g/mol. The van der Waals surface area contributed by atoms with Gasteiger partial charge in [-0.05, 0) is 36.9 Å². The molecule has 2 aliphatic rings. The maximum atomic E-state index is 12.2. The lowest BCUT2D eigenvalue weighted by molar-refractivity contribution is -0.133. The van der Waals surface area contributed by atoms with Crippen LogP contribution >= 0.6 is 12.6 Å². The third kappa shape index (κ3) is 3.66. The van der Waals surface area contributed by atoms with Crippen molar-refractivity contribution in [3.63, 3.8) is 0 Å². The zero-order valence-corrected chi connectivity index (χ0v) is 12.4. The molecule has 0 radical (unpaired) electrons. The van der Waals surface area contributed by atoms with Crippen molar-refractivity contribution in [3.8, 4) is 0 Å². The first-order valence-electron chi connectivity index (χ1n) is 7.64. The molecule has 0 aromatic heterocycles. The van der Waals surface area contributed by atoms with Crippen LogP contribution in [0.4, 0.5) is 0 Å². The molecule has 2 nitrogen and oxygen atoms in total. The molecule has 3 heteroatoms. The molecule has 1 saturated heterocycles. The van der Waals surface area contributed by atoms with E-state index in [0.29, 0.717) is 11.3 Å². The molecular formula is C15H27NOS. The predicted molar refractivity (Wildman–Crippen MR) is 79.0 cm³/mol. The number of likely N-dealkylation sites (tertiary alicyclic amines) is 1. The van der Waals surface area contributed by atoms with Gasteiger partial charge in [0.25, 0.3) is 0 Å². The third-order valence-electron chi connectivity index (χ3n) is 4.70. The number of hydrogen-bond donors (Lipinski definition) is 1. The standard InChI is InChI=1S/C15H27NOS/c17-14-8-4-1-2-7-11-16(14)12-15(13-18)9-5-3-6-10-15/h18H,1-13H2. The van der Waals surface area contributed by atoms with Crippen LogP contribution in [-0.2, 0) is 4.79 Å². The van der Waals surface area contributed by atoms with Gasteiger partial charge in [-0.3, -0.25) is 4.79 Å². The van der Waals surface area contributed by atoms with Crippen molar-refractivity contribution in [1.82, 2.24) is 4.90 Å². The number of hydrogen-bond acceptors (Lipinski definition) is 2. The Bertz CT molecular complexity index is 274. The first-order chi connectivity index (χ1) is 8.76. The van der Waals surface area contributed by atoms with Crippen LogP contribution in [-0.4, -0.2) is 29.6 Å². The average molecular weight is 269 g/mol. The first-order valence-corrected chi connectivity index (χ1v) is 8.28. The number of carbonyl (C=O) groups is 1. The Morgan fingerprint density at radius 3 is 2.39 bits per heavy atom. The molecule has 18 heavy (non-hydrogen) atoms. The van der Waals surface area contributed by atoms with E-state index in [-0.39, 0.29) is 0 Å². The van der Waals surface area contributed by atoms with Gasteiger partial charge in [0.05, 0.1) is 0 Å². The Morgan fingerprint density at radius 1 is 1.00 bits per heavy atom. The van der Waals surface area contributed by atoms with Gasteiger partial charge >= 0.3 is 0 Å². The van der Waals surface area contributed by atoms with Crippen LogP contribution in [0.15, 0.2) is 0 Å². The summed E-state index contributed by atoms with van der Waals surface area (Å²) < 4.78 is 0. The van der Waals surface area contributed by atoms with Gasteiger partial charge in [0.15, 0.2) is 0 Å². The second kappa shape index (κ2) is 6.83. The smallest absolute Gasteiger partial charge is 0.222 e. The Kier molecular flexibility index (Phi) is 5.40. The summed E-state index contributed by atoms with van der Waals surface area (Å²) in [7, 11) is 0. The van der Waals surface area contributed by atoms with E-state index >= 15 is 0 Å². The molecule has 0 aromatic rings. The van der Waals surface area contributed by atoms with Crippen molar-refractivity contribution < 1.29 is 4.79 Å². The van der Waals surface area contributed by atoms with Crippen molar-refractivity contribution >= 4 is 18.5 Å². The molecule has 0 spiro atoms. The molecule has 1 heterocycles. The Balaban J connectivity index is 1.97. The topological polar surface area (TPSA) is 20.3 Å². The quantitative estimate of drug-likeness (QED) is 0.775. The van der Waals surface area contributed by atoms with Gasteiger partial charge in [0.2, 0.25) is 5.91 Å². The summed E-state index contributed by atoms with van der Waals surface area (Å²) in [5.74, 6) is 1.33. The van der Waals surface area contributed by atoms with Crippen molar-refractivity contribution in [1.29, 1.82) is 0 Å². The van der Waals surface area contributed by atoms with E-state index in [4.69, 9.17) is 0 Å². The average Bonchev–Trinajstić information content (AvgIpc) is 2.40. The fourth-order valence-corrected chi connectivity index (χ4v) is 3.87. The second-order valence-electron chi connectivity index (χ2n) is 6.20. The molecule has 0 N–H and O–H groups in total. The molecule has 0 unspecified atom stereocenters. The van der Waals surface area contributed by atoms with Crippen LogP contribution in [0.1, 0.15) is 64.2 Å². The molecule has 0 bridgehead atoms. The largest absolute Gasteiger partial charge is 0.342 e. The lowest BCUT2D eigenvalue weighted by atomic mass is 9.75. The minimum Gasteiger partial charge on any atom is -0.342 e. The number of carbonyl (C=O) groups excluding carboxylic acids is 1. The number of amides is 1. The molecule has 1 aliphatic carbocycles. The van der Waals surface area contributed by atoms with E-state index in [2.05, 4.69) is 17.5 Å². The van der Waals surface area contributed by atoms with Crippen molar-refractivity contribution in [3.05, 3.63) is 0 Å². The molecule has 0 atom stereocenters. The summed E-state index contributed by atoms with van der Waals surface area (Å²) in [6.07, 6.45) is 12.1. The zero-order chi connectivity index (χ0) is 12.8. The molecule has 1 aliphatic heterocycles. The summed E-state index contributed by atoms with van der Waals surface area (Å²) in [5, 5.41) is 0. The van der Waals surface area contributed by atoms with Crippen LogP contribution in [0, 0.1) is 5.41 Å². The summed E-state index contributed by atoms with van der Waals surface area (Å²) in [5.41, 5.74) is 0.316. The van der Waals surface area contributed by atoms with Gasteiger partial charge < -0.3 is 4.90 Å².